The Morgan fingerprint density at radius 2 is 1.60 bits per heavy atom. The first-order chi connectivity index (χ1) is 7.45. The monoisotopic (exact) mass is 199 g/mol. The maximum absolute atomic E-state index is 4.09. The van der Waals surface area contributed by atoms with Crippen LogP contribution in [0.2, 0.25) is 0 Å². The Bertz CT molecular complexity index is 344. The lowest BCUT2D eigenvalue weighted by molar-refractivity contribution is -0.686. The Morgan fingerprint density at radius 1 is 0.867 bits per heavy atom. The first-order valence-corrected chi connectivity index (χ1v) is 5.19. The summed E-state index contributed by atoms with van der Waals surface area (Å²) in [5.74, 6) is 0. The molecule has 2 N–H and O–H groups in total. The SMILES string of the molecule is c1ccc(C[NH2+]Cc2cccnc2)cc1. The van der Waals surface area contributed by atoms with Gasteiger partial charge in [0.25, 0.3) is 0 Å². The van der Waals surface area contributed by atoms with Gasteiger partial charge < -0.3 is 5.32 Å². The van der Waals surface area contributed by atoms with Gasteiger partial charge in [0.1, 0.15) is 13.1 Å². The first kappa shape index (κ1) is 9.87. The van der Waals surface area contributed by atoms with E-state index in [1.807, 2.05) is 18.3 Å². The average molecular weight is 199 g/mol. The van der Waals surface area contributed by atoms with E-state index in [9.17, 15) is 0 Å². The van der Waals surface area contributed by atoms with Crippen LogP contribution in [0.1, 0.15) is 11.1 Å². The van der Waals surface area contributed by atoms with E-state index in [1.54, 1.807) is 6.20 Å². The molecule has 2 aromatic rings. The van der Waals surface area contributed by atoms with Crippen molar-refractivity contribution in [2.24, 2.45) is 0 Å². The molecule has 0 spiro atoms. The molecule has 76 valence electrons. The molecule has 0 atom stereocenters. The molecule has 2 rings (SSSR count). The minimum atomic E-state index is 0.989. The van der Waals surface area contributed by atoms with Crippen molar-refractivity contribution in [2.75, 3.05) is 0 Å². The summed E-state index contributed by atoms with van der Waals surface area (Å²) in [6.45, 7) is 2.01. The molecule has 1 aromatic heterocycles. The molecule has 0 saturated carbocycles. The highest BCUT2D eigenvalue weighted by molar-refractivity contribution is 5.13. The van der Waals surface area contributed by atoms with Gasteiger partial charge in [0.05, 0.1) is 0 Å². The van der Waals surface area contributed by atoms with E-state index in [0.717, 1.165) is 13.1 Å². The highest BCUT2D eigenvalue weighted by Crippen LogP contribution is 1.95. The van der Waals surface area contributed by atoms with Crippen molar-refractivity contribution in [1.29, 1.82) is 0 Å². The third-order valence-corrected chi connectivity index (χ3v) is 2.33. The zero-order chi connectivity index (χ0) is 10.3. The molecule has 0 aliphatic carbocycles. The van der Waals surface area contributed by atoms with Gasteiger partial charge in [-0.05, 0) is 6.07 Å². The molecule has 1 aromatic carbocycles. The smallest absolute Gasteiger partial charge is 0.103 e. The van der Waals surface area contributed by atoms with E-state index in [2.05, 4.69) is 40.6 Å². The van der Waals surface area contributed by atoms with Crippen LogP contribution in [0.25, 0.3) is 0 Å². The van der Waals surface area contributed by atoms with Gasteiger partial charge in [0.15, 0.2) is 0 Å². The average Bonchev–Trinajstić information content (AvgIpc) is 2.32. The molecule has 0 radical (unpaired) electrons. The van der Waals surface area contributed by atoms with Crippen molar-refractivity contribution >= 4 is 0 Å². The molecule has 2 nitrogen and oxygen atoms in total. The van der Waals surface area contributed by atoms with E-state index in [4.69, 9.17) is 0 Å². The van der Waals surface area contributed by atoms with Gasteiger partial charge in [-0.2, -0.15) is 0 Å². The summed E-state index contributed by atoms with van der Waals surface area (Å²) in [7, 11) is 0. The van der Waals surface area contributed by atoms with Gasteiger partial charge >= 0.3 is 0 Å². The molecule has 0 unspecified atom stereocenters. The minimum Gasteiger partial charge on any atom is -0.339 e. The van der Waals surface area contributed by atoms with Crippen molar-refractivity contribution in [1.82, 2.24) is 4.98 Å². The zero-order valence-electron chi connectivity index (χ0n) is 8.63. The van der Waals surface area contributed by atoms with Crippen LogP contribution in [0.15, 0.2) is 54.9 Å². The van der Waals surface area contributed by atoms with E-state index in [0.29, 0.717) is 0 Å². The second-order valence-electron chi connectivity index (χ2n) is 3.54. The van der Waals surface area contributed by atoms with Crippen molar-refractivity contribution < 1.29 is 5.32 Å². The topological polar surface area (TPSA) is 29.5 Å². The van der Waals surface area contributed by atoms with Gasteiger partial charge in [0, 0.05) is 23.5 Å². The number of pyridine rings is 1. The quantitative estimate of drug-likeness (QED) is 0.791. The van der Waals surface area contributed by atoms with Crippen molar-refractivity contribution in [2.45, 2.75) is 13.1 Å². The van der Waals surface area contributed by atoms with E-state index in [1.165, 1.54) is 11.1 Å². The maximum atomic E-state index is 4.09. The second kappa shape index (κ2) is 5.27. The van der Waals surface area contributed by atoms with Gasteiger partial charge in [-0.1, -0.05) is 36.4 Å². The number of benzene rings is 1. The number of rotatable bonds is 4. The lowest BCUT2D eigenvalue weighted by atomic mass is 10.2. The van der Waals surface area contributed by atoms with Crippen LogP contribution in [-0.4, -0.2) is 4.98 Å². The summed E-state index contributed by atoms with van der Waals surface area (Å²) < 4.78 is 0. The Morgan fingerprint density at radius 3 is 2.33 bits per heavy atom. The number of aromatic nitrogens is 1. The number of hydrogen-bond acceptors (Lipinski definition) is 1. The first-order valence-electron chi connectivity index (χ1n) is 5.19. The zero-order valence-corrected chi connectivity index (χ0v) is 8.63. The summed E-state index contributed by atoms with van der Waals surface area (Å²) in [6.07, 6.45) is 3.72. The van der Waals surface area contributed by atoms with Gasteiger partial charge in [0.2, 0.25) is 0 Å². The van der Waals surface area contributed by atoms with Crippen LogP contribution >= 0.6 is 0 Å². The molecule has 2 heteroatoms. The number of nitrogens with two attached hydrogens (primary N) is 1. The molecule has 0 aliphatic heterocycles. The van der Waals surface area contributed by atoms with Crippen molar-refractivity contribution in [3.05, 3.63) is 66.0 Å². The number of quaternary nitrogens is 1. The molecule has 0 aliphatic rings. The Hall–Kier alpha value is -1.67. The fourth-order valence-corrected chi connectivity index (χ4v) is 1.54. The van der Waals surface area contributed by atoms with Crippen molar-refractivity contribution in [3.8, 4) is 0 Å². The summed E-state index contributed by atoms with van der Waals surface area (Å²) >= 11 is 0. The Kier molecular flexibility index (Phi) is 3.47. The Balaban J connectivity index is 1.81. The standard InChI is InChI=1S/C13H14N2/c1-2-5-12(6-3-1)9-15-11-13-7-4-8-14-10-13/h1-8,10,15H,9,11H2/p+1. The third kappa shape index (κ3) is 3.18. The molecule has 0 saturated heterocycles. The van der Waals surface area contributed by atoms with Crippen LogP contribution in [-0.2, 0) is 13.1 Å². The van der Waals surface area contributed by atoms with Gasteiger partial charge in [-0.3, -0.25) is 4.98 Å². The summed E-state index contributed by atoms with van der Waals surface area (Å²) in [4.78, 5) is 4.09. The summed E-state index contributed by atoms with van der Waals surface area (Å²) in [5.41, 5.74) is 2.63. The summed E-state index contributed by atoms with van der Waals surface area (Å²) in [5, 5.41) is 2.28. The maximum Gasteiger partial charge on any atom is 0.103 e. The predicted octanol–water partition coefficient (Wildman–Crippen LogP) is 1.35. The van der Waals surface area contributed by atoms with Crippen LogP contribution in [0.4, 0.5) is 0 Å². The van der Waals surface area contributed by atoms with E-state index >= 15 is 0 Å². The third-order valence-electron chi connectivity index (χ3n) is 2.33. The fourth-order valence-electron chi connectivity index (χ4n) is 1.54. The van der Waals surface area contributed by atoms with Gasteiger partial charge in [-0.25, -0.2) is 0 Å². The molecular weight excluding hydrogens is 184 g/mol. The lowest BCUT2D eigenvalue weighted by Gasteiger charge is -2.01. The minimum absolute atomic E-state index is 0.989. The number of hydrogen-bond donors (Lipinski definition) is 1. The highest BCUT2D eigenvalue weighted by Gasteiger charge is 1.95. The number of nitrogens with zero attached hydrogens (tertiary/aromatic N) is 1. The second-order valence-corrected chi connectivity index (χ2v) is 3.54. The molecular formula is C13H15N2+. The molecule has 15 heavy (non-hydrogen) atoms. The highest BCUT2D eigenvalue weighted by atomic mass is 14.8. The lowest BCUT2D eigenvalue weighted by Crippen LogP contribution is -2.80. The van der Waals surface area contributed by atoms with Crippen molar-refractivity contribution in [3.63, 3.8) is 0 Å². The molecule has 0 bridgehead atoms. The molecule has 0 amide bonds. The fraction of sp³-hybridized carbons (Fsp3) is 0.154. The Labute approximate surface area is 90.0 Å². The molecule has 0 fully saturated rings. The van der Waals surface area contributed by atoms with Crippen LogP contribution in [0.5, 0.6) is 0 Å². The molecule has 1 heterocycles. The predicted molar refractivity (Wildman–Crippen MR) is 60.0 cm³/mol. The van der Waals surface area contributed by atoms with Crippen LogP contribution in [0, 0.1) is 0 Å². The normalized spacial score (nSPS) is 10.1. The van der Waals surface area contributed by atoms with Crippen LogP contribution < -0.4 is 5.32 Å². The van der Waals surface area contributed by atoms with E-state index < -0.39 is 0 Å². The van der Waals surface area contributed by atoms with Crippen LogP contribution in [0.3, 0.4) is 0 Å². The van der Waals surface area contributed by atoms with E-state index in [-0.39, 0.29) is 0 Å². The largest absolute Gasteiger partial charge is 0.339 e. The summed E-state index contributed by atoms with van der Waals surface area (Å²) in [6, 6.07) is 14.6. The van der Waals surface area contributed by atoms with Gasteiger partial charge in [-0.15, -0.1) is 0 Å².